The van der Waals surface area contributed by atoms with E-state index < -0.39 is 11.7 Å². The molecule has 0 unspecified atom stereocenters. The first kappa shape index (κ1) is 13.0. The minimum atomic E-state index is -0.665. The van der Waals surface area contributed by atoms with Crippen molar-refractivity contribution in [1.82, 2.24) is 4.98 Å². The van der Waals surface area contributed by atoms with Gasteiger partial charge in [-0.25, -0.2) is 9.37 Å². The van der Waals surface area contributed by atoms with Crippen molar-refractivity contribution in [2.24, 2.45) is 0 Å². The van der Waals surface area contributed by atoms with Crippen molar-refractivity contribution in [1.29, 1.82) is 5.26 Å². The van der Waals surface area contributed by atoms with E-state index in [-0.39, 0.29) is 16.4 Å². The smallest absolute Gasteiger partial charge is 0.256 e. The Kier molecular flexibility index (Phi) is 3.74. The molecule has 19 heavy (non-hydrogen) atoms. The number of benzene rings is 1. The lowest BCUT2D eigenvalue weighted by atomic mass is 10.2. The Morgan fingerprint density at radius 3 is 2.74 bits per heavy atom. The van der Waals surface area contributed by atoms with Crippen LogP contribution in [0.3, 0.4) is 0 Å². The summed E-state index contributed by atoms with van der Waals surface area (Å²) in [6.45, 7) is 0. The number of nitrogens with zero attached hydrogens (tertiary/aromatic N) is 2. The van der Waals surface area contributed by atoms with Gasteiger partial charge in [-0.05, 0) is 30.3 Å². The average Bonchev–Trinajstić information content (AvgIpc) is 2.42. The third-order valence-corrected chi connectivity index (χ3v) is 2.62. The number of halogens is 2. The van der Waals surface area contributed by atoms with E-state index in [9.17, 15) is 9.18 Å². The third-order valence-electron chi connectivity index (χ3n) is 2.32. The van der Waals surface area contributed by atoms with Crippen molar-refractivity contribution in [3.05, 3.63) is 58.5 Å². The fourth-order valence-electron chi connectivity index (χ4n) is 1.36. The van der Waals surface area contributed by atoms with Crippen LogP contribution in [0.5, 0.6) is 0 Å². The molecular formula is C13H7ClFN3O. The molecule has 0 fully saturated rings. The first-order chi connectivity index (χ1) is 9.10. The van der Waals surface area contributed by atoms with Crippen molar-refractivity contribution in [2.75, 3.05) is 5.32 Å². The second-order valence-electron chi connectivity index (χ2n) is 3.63. The maximum atomic E-state index is 13.2. The van der Waals surface area contributed by atoms with Gasteiger partial charge in [0.1, 0.15) is 17.7 Å². The zero-order valence-corrected chi connectivity index (χ0v) is 10.3. The SMILES string of the molecule is N#Cc1ccc(NC(=O)c2ccc(Cl)c(F)c2)nc1. The number of pyridine rings is 1. The number of anilines is 1. The molecule has 0 saturated heterocycles. The van der Waals surface area contributed by atoms with E-state index in [0.29, 0.717) is 5.56 Å². The van der Waals surface area contributed by atoms with Crippen LogP contribution in [0.4, 0.5) is 10.2 Å². The van der Waals surface area contributed by atoms with Crippen LogP contribution in [0, 0.1) is 17.1 Å². The normalized spacial score (nSPS) is 9.74. The Hall–Kier alpha value is -2.45. The van der Waals surface area contributed by atoms with Crippen molar-refractivity contribution in [3.63, 3.8) is 0 Å². The molecule has 0 atom stereocenters. The Morgan fingerprint density at radius 1 is 1.37 bits per heavy atom. The number of nitrogens with one attached hydrogen (secondary N) is 1. The molecule has 0 spiro atoms. The Balaban J connectivity index is 2.16. The van der Waals surface area contributed by atoms with Crippen LogP contribution < -0.4 is 5.32 Å². The van der Waals surface area contributed by atoms with Gasteiger partial charge in [0.2, 0.25) is 0 Å². The van der Waals surface area contributed by atoms with Crippen LogP contribution in [0.15, 0.2) is 36.5 Å². The summed E-state index contributed by atoms with van der Waals surface area (Å²) in [5.74, 6) is -0.894. The Morgan fingerprint density at radius 2 is 2.16 bits per heavy atom. The zero-order valence-electron chi connectivity index (χ0n) is 9.52. The van der Waals surface area contributed by atoms with Gasteiger partial charge in [-0.2, -0.15) is 5.26 Å². The molecule has 2 aromatic rings. The van der Waals surface area contributed by atoms with Gasteiger partial charge in [0.25, 0.3) is 5.91 Å². The predicted octanol–water partition coefficient (Wildman–Crippen LogP) is 3.00. The van der Waals surface area contributed by atoms with Gasteiger partial charge in [0.05, 0.1) is 10.6 Å². The van der Waals surface area contributed by atoms with E-state index in [1.165, 1.54) is 30.5 Å². The number of carbonyl (C=O) groups is 1. The highest BCUT2D eigenvalue weighted by Crippen LogP contribution is 2.16. The molecule has 1 aromatic carbocycles. The van der Waals surface area contributed by atoms with Gasteiger partial charge in [0, 0.05) is 11.8 Å². The molecule has 0 aliphatic heterocycles. The summed E-state index contributed by atoms with van der Waals surface area (Å²) in [4.78, 5) is 15.7. The van der Waals surface area contributed by atoms with E-state index in [0.717, 1.165) is 6.07 Å². The van der Waals surface area contributed by atoms with Gasteiger partial charge in [0.15, 0.2) is 0 Å². The molecule has 0 saturated carbocycles. The second-order valence-corrected chi connectivity index (χ2v) is 4.03. The number of hydrogen-bond donors (Lipinski definition) is 1. The molecule has 0 aliphatic rings. The van der Waals surface area contributed by atoms with Gasteiger partial charge in [-0.15, -0.1) is 0 Å². The van der Waals surface area contributed by atoms with Crippen LogP contribution in [-0.4, -0.2) is 10.9 Å². The highest BCUT2D eigenvalue weighted by molar-refractivity contribution is 6.30. The van der Waals surface area contributed by atoms with Crippen molar-refractivity contribution in [2.45, 2.75) is 0 Å². The molecule has 1 heterocycles. The first-order valence-corrected chi connectivity index (χ1v) is 5.60. The van der Waals surface area contributed by atoms with Crippen LogP contribution in [-0.2, 0) is 0 Å². The highest BCUT2D eigenvalue weighted by atomic mass is 35.5. The fourth-order valence-corrected chi connectivity index (χ4v) is 1.48. The van der Waals surface area contributed by atoms with Gasteiger partial charge in [-0.3, -0.25) is 4.79 Å². The summed E-state index contributed by atoms with van der Waals surface area (Å²) in [7, 11) is 0. The lowest BCUT2D eigenvalue weighted by Crippen LogP contribution is -2.13. The Labute approximate surface area is 113 Å². The topological polar surface area (TPSA) is 65.8 Å². The first-order valence-electron chi connectivity index (χ1n) is 5.22. The summed E-state index contributed by atoms with van der Waals surface area (Å²) >= 11 is 5.53. The molecule has 2 rings (SSSR count). The van der Waals surface area contributed by atoms with Crippen molar-refractivity contribution >= 4 is 23.3 Å². The number of aromatic nitrogens is 1. The average molecular weight is 276 g/mol. The summed E-state index contributed by atoms with van der Waals surface area (Å²) in [5.41, 5.74) is 0.517. The van der Waals surface area contributed by atoms with Crippen LogP contribution in [0.25, 0.3) is 0 Å². The Bertz CT molecular complexity index is 665. The second kappa shape index (κ2) is 5.46. The molecule has 1 amide bonds. The predicted molar refractivity (Wildman–Crippen MR) is 68.3 cm³/mol. The molecule has 94 valence electrons. The maximum Gasteiger partial charge on any atom is 0.256 e. The van der Waals surface area contributed by atoms with E-state index in [1.54, 1.807) is 0 Å². The fraction of sp³-hybridized carbons (Fsp3) is 0. The highest BCUT2D eigenvalue weighted by Gasteiger charge is 2.09. The molecule has 1 aromatic heterocycles. The minimum Gasteiger partial charge on any atom is -0.307 e. The third kappa shape index (κ3) is 3.06. The van der Waals surface area contributed by atoms with Crippen molar-refractivity contribution < 1.29 is 9.18 Å². The number of carbonyl (C=O) groups excluding carboxylic acids is 1. The molecular weight excluding hydrogens is 269 g/mol. The van der Waals surface area contributed by atoms with Gasteiger partial charge >= 0.3 is 0 Å². The molecule has 6 heteroatoms. The van der Waals surface area contributed by atoms with E-state index in [1.807, 2.05) is 6.07 Å². The van der Waals surface area contributed by atoms with Crippen molar-refractivity contribution in [3.8, 4) is 6.07 Å². The standard InChI is InChI=1S/C13H7ClFN3O/c14-10-3-2-9(5-11(10)15)13(19)18-12-4-1-8(6-16)7-17-12/h1-5,7H,(H,17,18,19). The molecule has 0 aliphatic carbocycles. The largest absolute Gasteiger partial charge is 0.307 e. The van der Waals surface area contributed by atoms with E-state index in [2.05, 4.69) is 10.3 Å². The minimum absolute atomic E-state index is 0.0481. The molecule has 0 radical (unpaired) electrons. The van der Waals surface area contributed by atoms with Gasteiger partial charge < -0.3 is 5.32 Å². The monoisotopic (exact) mass is 275 g/mol. The summed E-state index contributed by atoms with van der Waals surface area (Å²) in [6, 6.07) is 8.67. The van der Waals surface area contributed by atoms with E-state index in [4.69, 9.17) is 16.9 Å². The number of rotatable bonds is 2. The molecule has 1 N–H and O–H groups in total. The number of amides is 1. The van der Waals surface area contributed by atoms with Crippen LogP contribution >= 0.6 is 11.6 Å². The zero-order chi connectivity index (χ0) is 13.8. The van der Waals surface area contributed by atoms with Gasteiger partial charge in [-0.1, -0.05) is 11.6 Å². The molecule has 0 bridgehead atoms. The summed E-state index contributed by atoms with van der Waals surface area (Å²) in [5, 5.41) is 11.1. The lowest BCUT2D eigenvalue weighted by Gasteiger charge is -2.04. The lowest BCUT2D eigenvalue weighted by molar-refractivity contribution is 0.102. The number of hydrogen-bond acceptors (Lipinski definition) is 3. The molecule has 4 nitrogen and oxygen atoms in total. The number of nitriles is 1. The van der Waals surface area contributed by atoms with Crippen LogP contribution in [0.2, 0.25) is 5.02 Å². The summed E-state index contributed by atoms with van der Waals surface area (Å²) in [6.07, 6.45) is 1.33. The van der Waals surface area contributed by atoms with Crippen LogP contribution in [0.1, 0.15) is 15.9 Å². The quantitative estimate of drug-likeness (QED) is 0.916. The van der Waals surface area contributed by atoms with E-state index >= 15 is 0 Å². The maximum absolute atomic E-state index is 13.2. The summed E-state index contributed by atoms with van der Waals surface area (Å²) < 4.78 is 13.2.